The first-order valence-corrected chi connectivity index (χ1v) is 20.1. The molecule has 0 aliphatic rings. The van der Waals surface area contributed by atoms with Gasteiger partial charge in [-0.3, -0.25) is 0 Å². The van der Waals surface area contributed by atoms with Gasteiger partial charge in [-0.25, -0.2) is 0 Å². The van der Waals surface area contributed by atoms with E-state index in [1.165, 1.54) is 117 Å². The van der Waals surface area contributed by atoms with Crippen LogP contribution >= 0.6 is 22.7 Å². The first-order chi connectivity index (χ1) is 26.7. The van der Waals surface area contributed by atoms with Crippen molar-refractivity contribution in [3.63, 3.8) is 0 Å². The molecule has 0 aliphatic carbocycles. The molecule has 0 amide bonds. The van der Waals surface area contributed by atoms with E-state index in [1.807, 2.05) is 22.7 Å². The average molecular weight is 719 g/mol. The Kier molecular flexibility index (Phi) is 6.48. The van der Waals surface area contributed by atoms with Gasteiger partial charge in [-0.1, -0.05) is 140 Å². The van der Waals surface area contributed by atoms with Crippen LogP contribution in [0, 0.1) is 0 Å². The molecular formula is C52H30S2. The molecule has 2 heteroatoms. The Labute approximate surface area is 319 Å². The van der Waals surface area contributed by atoms with Crippen LogP contribution in [0.1, 0.15) is 0 Å². The molecule has 250 valence electrons. The van der Waals surface area contributed by atoms with E-state index in [9.17, 15) is 0 Å². The fraction of sp³-hybridized carbons (Fsp3) is 0. The van der Waals surface area contributed by atoms with E-state index in [0.29, 0.717) is 0 Å². The topological polar surface area (TPSA) is 0 Å². The molecule has 0 fully saturated rings. The number of thiophene rings is 2. The molecule has 2 heterocycles. The van der Waals surface area contributed by atoms with Gasteiger partial charge >= 0.3 is 0 Å². The minimum Gasteiger partial charge on any atom is -0.135 e. The van der Waals surface area contributed by atoms with Gasteiger partial charge in [0.25, 0.3) is 0 Å². The molecule has 12 rings (SSSR count). The van der Waals surface area contributed by atoms with Crippen LogP contribution in [0.3, 0.4) is 0 Å². The third-order valence-electron chi connectivity index (χ3n) is 11.4. The molecule has 54 heavy (non-hydrogen) atoms. The lowest BCUT2D eigenvalue weighted by atomic mass is 9.85. The summed E-state index contributed by atoms with van der Waals surface area (Å²) < 4.78 is 5.41. The van der Waals surface area contributed by atoms with Crippen LogP contribution < -0.4 is 0 Å². The minimum absolute atomic E-state index is 1.24. The van der Waals surface area contributed by atoms with Crippen molar-refractivity contribution in [3.05, 3.63) is 182 Å². The number of fused-ring (bicyclic) bond motifs is 11. The summed E-state index contributed by atoms with van der Waals surface area (Å²) in [5.41, 5.74) is 7.58. The second kappa shape index (κ2) is 11.6. The van der Waals surface area contributed by atoms with Gasteiger partial charge in [-0.2, -0.15) is 0 Å². The summed E-state index contributed by atoms with van der Waals surface area (Å²) >= 11 is 3.81. The van der Waals surface area contributed by atoms with E-state index < -0.39 is 0 Å². The predicted octanol–water partition coefficient (Wildman–Crippen LogP) is 16.0. The summed E-state index contributed by atoms with van der Waals surface area (Å²) in [6.07, 6.45) is 0. The van der Waals surface area contributed by atoms with Crippen LogP contribution in [-0.4, -0.2) is 0 Å². The highest BCUT2D eigenvalue weighted by atomic mass is 32.1. The first kappa shape index (κ1) is 30.2. The molecule has 0 bridgehead atoms. The lowest BCUT2D eigenvalue weighted by Gasteiger charge is -2.18. The quantitative estimate of drug-likeness (QED) is 0.160. The largest absolute Gasteiger partial charge is 0.135 e. The molecule has 0 unspecified atom stereocenters. The summed E-state index contributed by atoms with van der Waals surface area (Å²) in [6.45, 7) is 0. The number of hydrogen-bond acceptors (Lipinski definition) is 2. The number of hydrogen-bond donors (Lipinski definition) is 0. The molecule has 0 N–H and O–H groups in total. The van der Waals surface area contributed by atoms with Crippen molar-refractivity contribution in [2.24, 2.45) is 0 Å². The molecular weight excluding hydrogens is 689 g/mol. The van der Waals surface area contributed by atoms with Crippen LogP contribution in [0.25, 0.3) is 117 Å². The Hall–Kier alpha value is -6.32. The Morgan fingerprint density at radius 2 is 0.741 bits per heavy atom. The van der Waals surface area contributed by atoms with Crippen LogP contribution in [0.5, 0.6) is 0 Å². The molecule has 2 aromatic heterocycles. The molecule has 10 aromatic carbocycles. The molecule has 0 radical (unpaired) electrons. The van der Waals surface area contributed by atoms with Gasteiger partial charge in [0, 0.05) is 40.3 Å². The lowest BCUT2D eigenvalue weighted by Crippen LogP contribution is -1.90. The maximum Gasteiger partial charge on any atom is 0.0370 e. The second-order valence-electron chi connectivity index (χ2n) is 14.4. The monoisotopic (exact) mass is 718 g/mol. The Morgan fingerprint density at radius 1 is 0.241 bits per heavy atom. The lowest BCUT2D eigenvalue weighted by molar-refractivity contribution is 1.66. The van der Waals surface area contributed by atoms with E-state index >= 15 is 0 Å². The van der Waals surface area contributed by atoms with E-state index in [-0.39, 0.29) is 0 Å². The zero-order valence-corrected chi connectivity index (χ0v) is 30.8. The van der Waals surface area contributed by atoms with Crippen molar-refractivity contribution in [1.82, 2.24) is 0 Å². The third-order valence-corrected chi connectivity index (χ3v) is 13.7. The zero-order chi connectivity index (χ0) is 35.3. The van der Waals surface area contributed by atoms with E-state index in [4.69, 9.17) is 0 Å². The zero-order valence-electron chi connectivity index (χ0n) is 29.1. The third kappa shape index (κ3) is 4.48. The van der Waals surface area contributed by atoms with Crippen molar-refractivity contribution in [1.29, 1.82) is 0 Å². The average Bonchev–Trinajstić information content (AvgIpc) is 3.78. The van der Waals surface area contributed by atoms with Crippen LogP contribution in [-0.2, 0) is 0 Å². The Balaban J connectivity index is 0.992. The van der Waals surface area contributed by atoms with E-state index in [2.05, 4.69) is 182 Å². The van der Waals surface area contributed by atoms with Gasteiger partial charge in [0.05, 0.1) is 0 Å². The van der Waals surface area contributed by atoms with Crippen molar-refractivity contribution in [3.8, 4) is 33.4 Å². The Bertz CT molecular complexity index is 3430. The molecule has 0 atom stereocenters. The van der Waals surface area contributed by atoms with E-state index in [0.717, 1.165) is 0 Å². The number of rotatable bonds is 3. The summed E-state index contributed by atoms with van der Waals surface area (Å²) in [5.74, 6) is 0. The van der Waals surface area contributed by atoms with Gasteiger partial charge in [-0.05, 0) is 119 Å². The van der Waals surface area contributed by atoms with Gasteiger partial charge < -0.3 is 0 Å². The van der Waals surface area contributed by atoms with Gasteiger partial charge in [0.15, 0.2) is 0 Å². The molecule has 12 aromatic rings. The highest BCUT2D eigenvalue weighted by Crippen LogP contribution is 2.46. The molecule has 0 saturated heterocycles. The summed E-state index contributed by atoms with van der Waals surface area (Å²) in [4.78, 5) is 0. The Morgan fingerprint density at radius 3 is 1.48 bits per heavy atom. The predicted molar refractivity (Wildman–Crippen MR) is 239 cm³/mol. The van der Waals surface area contributed by atoms with E-state index in [1.54, 1.807) is 0 Å². The van der Waals surface area contributed by atoms with Crippen molar-refractivity contribution in [2.45, 2.75) is 0 Å². The maximum absolute atomic E-state index is 2.46. The van der Waals surface area contributed by atoms with Gasteiger partial charge in [-0.15, -0.1) is 22.7 Å². The summed E-state index contributed by atoms with van der Waals surface area (Å²) in [5, 5.41) is 15.7. The SMILES string of the molecule is c1ccc(-c2c3ccccc3c(-c3ccc4cc(-c5ccc6sc7cc8sc9ccc%10ccccc%10c9c8cc7c6c5)ccc4c3)c3ccccc23)cc1. The standard InChI is InChI=1S/C52H30S2/c1-2-11-32(12-3-1)50-39-14-6-8-16-41(39)51(42-17-9-7-15-40(42)50)37-21-20-33-26-34(18-19-35(33)27-37)36-23-24-46-43(28-36)44-29-45-49(30-48(44)53-46)54-47-25-22-31-10-4-5-13-38(31)52(45)47/h1-30H. The van der Waals surface area contributed by atoms with Crippen molar-refractivity contribution >= 4 is 106 Å². The van der Waals surface area contributed by atoms with Gasteiger partial charge in [0.2, 0.25) is 0 Å². The van der Waals surface area contributed by atoms with Crippen molar-refractivity contribution in [2.75, 3.05) is 0 Å². The fourth-order valence-corrected chi connectivity index (χ4v) is 11.3. The minimum atomic E-state index is 1.24. The van der Waals surface area contributed by atoms with Gasteiger partial charge in [0.1, 0.15) is 0 Å². The summed E-state index contributed by atoms with van der Waals surface area (Å²) in [6, 6.07) is 67.8. The van der Waals surface area contributed by atoms with Crippen LogP contribution in [0.2, 0.25) is 0 Å². The fourth-order valence-electron chi connectivity index (χ4n) is 8.93. The van der Waals surface area contributed by atoms with Crippen molar-refractivity contribution < 1.29 is 0 Å². The molecule has 0 aliphatic heterocycles. The molecule has 0 nitrogen and oxygen atoms in total. The van der Waals surface area contributed by atoms with Crippen LogP contribution in [0.4, 0.5) is 0 Å². The number of benzene rings is 10. The summed E-state index contributed by atoms with van der Waals surface area (Å²) in [7, 11) is 0. The molecule has 0 saturated carbocycles. The van der Waals surface area contributed by atoms with Crippen LogP contribution in [0.15, 0.2) is 182 Å². The first-order valence-electron chi connectivity index (χ1n) is 18.5. The molecule has 0 spiro atoms. The second-order valence-corrected chi connectivity index (χ2v) is 16.6. The maximum atomic E-state index is 2.46. The normalized spacial score (nSPS) is 12.1. The highest BCUT2D eigenvalue weighted by Gasteiger charge is 2.17. The smallest absolute Gasteiger partial charge is 0.0370 e. The highest BCUT2D eigenvalue weighted by molar-refractivity contribution is 7.28.